The van der Waals surface area contributed by atoms with Crippen molar-refractivity contribution < 1.29 is 32.6 Å². The summed E-state index contributed by atoms with van der Waals surface area (Å²) in [5.41, 5.74) is 0.332. The summed E-state index contributed by atoms with van der Waals surface area (Å²) < 4.78 is 38.9. The van der Waals surface area contributed by atoms with E-state index < -0.39 is 31.7 Å². The fourth-order valence-corrected chi connectivity index (χ4v) is 2.63. The summed E-state index contributed by atoms with van der Waals surface area (Å²) in [7, 11) is 0. The second-order valence-electron chi connectivity index (χ2n) is 4.98. The van der Waals surface area contributed by atoms with Gasteiger partial charge in [0.05, 0.1) is 4.47 Å². The van der Waals surface area contributed by atoms with E-state index >= 15 is 0 Å². The standard InChI is InChI=1S/C17H13BrClF2NO5/c18-13-7-10(19)1-6-14(13)25-9-16(24)26-8-15(23)22-11-2-4-12(5-3-11)27-17(20)21/h1-7,17H,8-9H2,(H,22,23). The molecule has 27 heavy (non-hydrogen) atoms. The molecule has 1 N–H and O–H groups in total. The highest BCUT2D eigenvalue weighted by Gasteiger charge is 2.11. The number of benzene rings is 2. The van der Waals surface area contributed by atoms with Gasteiger partial charge >= 0.3 is 12.6 Å². The van der Waals surface area contributed by atoms with Crippen molar-refractivity contribution in [3.05, 3.63) is 52.0 Å². The first-order chi connectivity index (χ1) is 12.8. The van der Waals surface area contributed by atoms with Crippen molar-refractivity contribution in [1.82, 2.24) is 0 Å². The Hall–Kier alpha value is -2.39. The van der Waals surface area contributed by atoms with E-state index in [2.05, 4.69) is 26.0 Å². The molecule has 0 aromatic heterocycles. The Bertz CT molecular complexity index is 804. The van der Waals surface area contributed by atoms with Crippen LogP contribution in [0, 0.1) is 0 Å². The maximum absolute atomic E-state index is 12.1. The number of rotatable bonds is 8. The third-order valence-electron chi connectivity index (χ3n) is 2.97. The highest BCUT2D eigenvalue weighted by molar-refractivity contribution is 9.10. The molecule has 2 aromatic carbocycles. The molecule has 0 aliphatic carbocycles. The van der Waals surface area contributed by atoms with Crippen LogP contribution in [0.4, 0.5) is 14.5 Å². The van der Waals surface area contributed by atoms with E-state index in [9.17, 15) is 18.4 Å². The third kappa shape index (κ3) is 7.40. The van der Waals surface area contributed by atoms with Crippen LogP contribution in [0.15, 0.2) is 46.9 Å². The Morgan fingerprint density at radius 3 is 2.44 bits per heavy atom. The molecule has 6 nitrogen and oxygen atoms in total. The van der Waals surface area contributed by atoms with E-state index in [4.69, 9.17) is 21.1 Å². The average molecular weight is 465 g/mol. The highest BCUT2D eigenvalue weighted by Crippen LogP contribution is 2.27. The number of carbonyl (C=O) groups excluding carboxylic acids is 2. The quantitative estimate of drug-likeness (QED) is 0.591. The zero-order chi connectivity index (χ0) is 19.8. The number of esters is 1. The van der Waals surface area contributed by atoms with Gasteiger partial charge in [-0.05, 0) is 58.4 Å². The molecule has 0 aliphatic heterocycles. The van der Waals surface area contributed by atoms with Crippen molar-refractivity contribution in [3.63, 3.8) is 0 Å². The fourth-order valence-electron chi connectivity index (χ4n) is 1.83. The minimum absolute atomic E-state index is 0.0417. The minimum atomic E-state index is -2.93. The molecule has 0 fully saturated rings. The van der Waals surface area contributed by atoms with Crippen LogP contribution in [0.5, 0.6) is 11.5 Å². The smallest absolute Gasteiger partial charge is 0.387 e. The largest absolute Gasteiger partial charge is 0.481 e. The lowest BCUT2D eigenvalue weighted by molar-refractivity contribution is -0.149. The molecule has 0 bridgehead atoms. The van der Waals surface area contributed by atoms with E-state index in [1.807, 2.05) is 0 Å². The van der Waals surface area contributed by atoms with Crippen LogP contribution in [0.2, 0.25) is 5.02 Å². The Balaban J connectivity index is 1.73. The van der Waals surface area contributed by atoms with E-state index in [-0.39, 0.29) is 5.75 Å². The first-order valence-electron chi connectivity index (χ1n) is 7.41. The van der Waals surface area contributed by atoms with Crippen molar-refractivity contribution in [1.29, 1.82) is 0 Å². The predicted octanol–water partition coefficient (Wildman–Crippen LogP) is 4.26. The van der Waals surface area contributed by atoms with Gasteiger partial charge < -0.3 is 19.5 Å². The highest BCUT2D eigenvalue weighted by atomic mass is 79.9. The van der Waals surface area contributed by atoms with Crippen molar-refractivity contribution in [2.75, 3.05) is 18.5 Å². The summed E-state index contributed by atoms with van der Waals surface area (Å²) in [5.74, 6) is -0.988. The molecule has 0 spiro atoms. The number of halogens is 4. The Labute approximate surface area is 166 Å². The number of anilines is 1. The number of carbonyl (C=O) groups is 2. The van der Waals surface area contributed by atoms with Crippen LogP contribution in [-0.4, -0.2) is 31.7 Å². The zero-order valence-corrected chi connectivity index (χ0v) is 15.9. The molecule has 1 amide bonds. The lowest BCUT2D eigenvalue weighted by atomic mass is 10.3. The molecule has 2 rings (SSSR count). The first-order valence-corrected chi connectivity index (χ1v) is 8.59. The average Bonchev–Trinajstić information content (AvgIpc) is 2.60. The molecular weight excluding hydrogens is 452 g/mol. The lowest BCUT2D eigenvalue weighted by Gasteiger charge is -2.09. The SMILES string of the molecule is O=C(COC(=O)COc1ccc(Cl)cc1Br)Nc1ccc(OC(F)F)cc1. The fraction of sp³-hybridized carbons (Fsp3) is 0.176. The molecule has 0 aliphatic rings. The minimum Gasteiger partial charge on any atom is -0.481 e. The molecule has 0 saturated heterocycles. The van der Waals surface area contributed by atoms with Crippen LogP contribution in [0.1, 0.15) is 0 Å². The van der Waals surface area contributed by atoms with Gasteiger partial charge in [-0.2, -0.15) is 8.78 Å². The van der Waals surface area contributed by atoms with Crippen LogP contribution in [0.25, 0.3) is 0 Å². The van der Waals surface area contributed by atoms with Crippen molar-refractivity contribution >= 4 is 45.1 Å². The summed E-state index contributed by atoms with van der Waals surface area (Å²) in [4.78, 5) is 23.4. The Morgan fingerprint density at radius 1 is 1.11 bits per heavy atom. The Kier molecular flexibility index (Phi) is 7.81. The van der Waals surface area contributed by atoms with Crippen LogP contribution < -0.4 is 14.8 Å². The van der Waals surface area contributed by atoms with E-state index in [1.54, 1.807) is 18.2 Å². The molecule has 0 atom stereocenters. The molecule has 0 heterocycles. The lowest BCUT2D eigenvalue weighted by Crippen LogP contribution is -2.23. The van der Waals surface area contributed by atoms with Crippen molar-refractivity contribution in [3.8, 4) is 11.5 Å². The van der Waals surface area contributed by atoms with E-state index in [0.29, 0.717) is 20.9 Å². The third-order valence-corrected chi connectivity index (χ3v) is 3.82. The summed E-state index contributed by atoms with van der Waals surface area (Å²) in [6.45, 7) is -3.85. The molecule has 0 saturated carbocycles. The molecule has 10 heteroatoms. The van der Waals surface area contributed by atoms with E-state index in [0.717, 1.165) is 0 Å². The van der Waals surface area contributed by atoms with E-state index in [1.165, 1.54) is 24.3 Å². The Morgan fingerprint density at radius 2 is 1.81 bits per heavy atom. The van der Waals surface area contributed by atoms with Gasteiger partial charge in [-0.25, -0.2) is 4.79 Å². The van der Waals surface area contributed by atoms with Gasteiger partial charge in [0.15, 0.2) is 13.2 Å². The van der Waals surface area contributed by atoms with Crippen LogP contribution in [0.3, 0.4) is 0 Å². The number of hydrogen-bond acceptors (Lipinski definition) is 5. The monoisotopic (exact) mass is 463 g/mol. The number of nitrogens with one attached hydrogen (secondary N) is 1. The van der Waals surface area contributed by atoms with Crippen molar-refractivity contribution in [2.45, 2.75) is 6.61 Å². The number of ether oxygens (including phenoxy) is 3. The topological polar surface area (TPSA) is 73.9 Å². The summed E-state index contributed by atoms with van der Waals surface area (Å²) in [6.07, 6.45) is 0. The van der Waals surface area contributed by atoms with Gasteiger partial charge in [-0.1, -0.05) is 11.6 Å². The predicted molar refractivity (Wildman–Crippen MR) is 97.3 cm³/mol. The van der Waals surface area contributed by atoms with Gasteiger partial charge in [-0.15, -0.1) is 0 Å². The number of amides is 1. The summed E-state index contributed by atoms with van der Waals surface area (Å²) in [5, 5.41) is 2.95. The molecule has 144 valence electrons. The summed E-state index contributed by atoms with van der Waals surface area (Å²) >= 11 is 9.04. The van der Waals surface area contributed by atoms with Crippen LogP contribution in [-0.2, 0) is 14.3 Å². The molecule has 2 aromatic rings. The van der Waals surface area contributed by atoms with Crippen molar-refractivity contribution in [2.24, 2.45) is 0 Å². The van der Waals surface area contributed by atoms with Gasteiger partial charge in [0.1, 0.15) is 11.5 Å². The maximum atomic E-state index is 12.1. The molecule has 0 radical (unpaired) electrons. The first kappa shape index (κ1) is 20.9. The number of alkyl halides is 2. The van der Waals surface area contributed by atoms with Gasteiger partial charge in [0.2, 0.25) is 0 Å². The van der Waals surface area contributed by atoms with Gasteiger partial charge in [0, 0.05) is 10.7 Å². The molecular formula is C17H13BrClF2NO5. The second-order valence-corrected chi connectivity index (χ2v) is 6.27. The number of hydrogen-bond donors (Lipinski definition) is 1. The zero-order valence-electron chi connectivity index (χ0n) is 13.6. The molecule has 0 unspecified atom stereocenters. The normalized spacial score (nSPS) is 10.4. The second kappa shape index (κ2) is 10.1. The summed E-state index contributed by atoms with van der Waals surface area (Å²) in [6, 6.07) is 10.1. The maximum Gasteiger partial charge on any atom is 0.387 e. The van der Waals surface area contributed by atoms with Crippen LogP contribution >= 0.6 is 27.5 Å². The van der Waals surface area contributed by atoms with Gasteiger partial charge in [0.25, 0.3) is 5.91 Å². The van der Waals surface area contributed by atoms with Gasteiger partial charge in [-0.3, -0.25) is 4.79 Å².